The van der Waals surface area contributed by atoms with E-state index in [4.69, 9.17) is 0 Å². The van der Waals surface area contributed by atoms with E-state index in [1.165, 1.54) is 35.6 Å². The summed E-state index contributed by atoms with van der Waals surface area (Å²) >= 11 is 1.35. The first-order chi connectivity index (χ1) is 9.15. The number of thiazole rings is 1. The van der Waals surface area contributed by atoms with E-state index in [9.17, 15) is 14.3 Å². The number of carboxylic acids is 1. The summed E-state index contributed by atoms with van der Waals surface area (Å²) in [5, 5.41) is 9.66. The van der Waals surface area contributed by atoms with E-state index in [-0.39, 0.29) is 5.56 Å². The molecule has 0 saturated carbocycles. The molecule has 2 heterocycles. The molecule has 0 saturated heterocycles. The number of carboxylic acid groups (broad SMARTS) is 1. The first-order valence-corrected chi connectivity index (χ1v) is 6.25. The Morgan fingerprint density at radius 2 is 2.16 bits per heavy atom. The largest absolute Gasteiger partial charge is 0.478 e. The molecule has 0 aliphatic carbocycles. The normalized spacial score (nSPS) is 10.8. The van der Waals surface area contributed by atoms with Crippen molar-refractivity contribution in [2.75, 3.05) is 0 Å². The van der Waals surface area contributed by atoms with Gasteiger partial charge in [-0.3, -0.25) is 4.98 Å². The predicted molar refractivity (Wildman–Crippen MR) is 69.8 cm³/mol. The van der Waals surface area contributed by atoms with Gasteiger partial charge in [0, 0.05) is 17.6 Å². The summed E-state index contributed by atoms with van der Waals surface area (Å²) in [6.45, 7) is 0. The molecule has 3 rings (SSSR count). The fourth-order valence-corrected chi connectivity index (χ4v) is 2.43. The third-order valence-electron chi connectivity index (χ3n) is 2.69. The Labute approximate surface area is 111 Å². The Morgan fingerprint density at radius 3 is 2.84 bits per heavy atom. The number of carbonyl (C=O) groups is 1. The standard InChI is InChI=1S/C13H7FN2O2S/c14-7-1-2-8-9(13(17)18)4-11(16-10(8)3-7)12-5-15-6-19-12/h1-6H,(H,17,18). The molecule has 1 aromatic carbocycles. The van der Waals surface area contributed by atoms with E-state index < -0.39 is 11.8 Å². The number of hydrogen-bond acceptors (Lipinski definition) is 4. The Kier molecular flexibility index (Phi) is 2.72. The minimum absolute atomic E-state index is 0.105. The number of hydrogen-bond donors (Lipinski definition) is 1. The number of rotatable bonds is 2. The van der Waals surface area contributed by atoms with Gasteiger partial charge in [-0.25, -0.2) is 14.2 Å². The average Bonchev–Trinajstić information content (AvgIpc) is 2.90. The van der Waals surface area contributed by atoms with Crippen molar-refractivity contribution < 1.29 is 14.3 Å². The number of aromatic carboxylic acids is 1. The highest BCUT2D eigenvalue weighted by Crippen LogP contribution is 2.27. The molecule has 4 nitrogen and oxygen atoms in total. The minimum Gasteiger partial charge on any atom is -0.478 e. The molecule has 0 amide bonds. The lowest BCUT2D eigenvalue weighted by molar-refractivity contribution is 0.0699. The van der Waals surface area contributed by atoms with E-state index in [1.807, 2.05) is 0 Å². The van der Waals surface area contributed by atoms with E-state index in [0.29, 0.717) is 16.6 Å². The number of fused-ring (bicyclic) bond motifs is 1. The third-order valence-corrected chi connectivity index (χ3v) is 3.48. The second kappa shape index (κ2) is 4.40. The highest BCUT2D eigenvalue weighted by molar-refractivity contribution is 7.13. The van der Waals surface area contributed by atoms with Crippen LogP contribution >= 0.6 is 11.3 Å². The van der Waals surface area contributed by atoms with Gasteiger partial charge in [-0.1, -0.05) is 0 Å². The van der Waals surface area contributed by atoms with Crippen LogP contribution in [-0.4, -0.2) is 21.0 Å². The quantitative estimate of drug-likeness (QED) is 0.779. The molecule has 19 heavy (non-hydrogen) atoms. The van der Waals surface area contributed by atoms with Crippen molar-refractivity contribution >= 4 is 28.2 Å². The van der Waals surface area contributed by atoms with E-state index in [2.05, 4.69) is 9.97 Å². The maximum absolute atomic E-state index is 13.2. The van der Waals surface area contributed by atoms with Crippen molar-refractivity contribution in [2.24, 2.45) is 0 Å². The molecule has 3 aromatic rings. The summed E-state index contributed by atoms with van der Waals surface area (Å²) in [7, 11) is 0. The van der Waals surface area contributed by atoms with E-state index in [1.54, 1.807) is 11.7 Å². The van der Waals surface area contributed by atoms with Crippen LogP contribution in [0.1, 0.15) is 10.4 Å². The van der Waals surface area contributed by atoms with Gasteiger partial charge in [0.15, 0.2) is 0 Å². The van der Waals surface area contributed by atoms with Gasteiger partial charge in [0.25, 0.3) is 0 Å². The lowest BCUT2D eigenvalue weighted by Crippen LogP contribution is -2.00. The van der Waals surface area contributed by atoms with Crippen LogP contribution in [0, 0.1) is 5.82 Å². The number of nitrogens with zero attached hydrogens (tertiary/aromatic N) is 2. The Hall–Kier alpha value is -2.34. The molecule has 0 aliphatic heterocycles. The molecule has 2 aromatic heterocycles. The summed E-state index contributed by atoms with van der Waals surface area (Å²) in [4.78, 5) is 20.2. The molecule has 0 bridgehead atoms. The number of halogens is 1. The maximum Gasteiger partial charge on any atom is 0.336 e. The van der Waals surface area contributed by atoms with Gasteiger partial charge in [-0.05, 0) is 18.2 Å². The van der Waals surface area contributed by atoms with Crippen molar-refractivity contribution in [3.05, 3.63) is 47.4 Å². The molecular weight excluding hydrogens is 267 g/mol. The SMILES string of the molecule is O=C(O)c1cc(-c2cncs2)nc2cc(F)ccc12. The number of benzene rings is 1. The summed E-state index contributed by atoms with van der Waals surface area (Å²) in [6.07, 6.45) is 1.60. The first kappa shape index (κ1) is 11.7. The van der Waals surface area contributed by atoms with Crippen molar-refractivity contribution in [3.8, 4) is 10.6 Å². The van der Waals surface area contributed by atoms with Crippen LogP contribution < -0.4 is 0 Å². The molecule has 0 radical (unpaired) electrons. The van der Waals surface area contributed by atoms with Crippen LogP contribution in [0.5, 0.6) is 0 Å². The fraction of sp³-hybridized carbons (Fsp3) is 0. The molecule has 6 heteroatoms. The smallest absolute Gasteiger partial charge is 0.336 e. The van der Waals surface area contributed by atoms with Crippen molar-refractivity contribution in [2.45, 2.75) is 0 Å². The first-order valence-electron chi connectivity index (χ1n) is 5.37. The summed E-state index contributed by atoms with van der Waals surface area (Å²) in [5.74, 6) is -1.51. The molecule has 1 N–H and O–H groups in total. The Balaban J connectivity index is 2.34. The summed E-state index contributed by atoms with van der Waals surface area (Å²) in [6, 6.07) is 5.36. The van der Waals surface area contributed by atoms with Crippen LogP contribution in [0.25, 0.3) is 21.5 Å². The molecule has 0 atom stereocenters. The molecule has 94 valence electrons. The zero-order chi connectivity index (χ0) is 13.4. The zero-order valence-corrected chi connectivity index (χ0v) is 10.3. The highest BCUT2D eigenvalue weighted by atomic mass is 32.1. The summed E-state index contributed by atoms with van der Waals surface area (Å²) < 4.78 is 13.2. The Bertz CT molecular complexity index is 772. The third kappa shape index (κ3) is 2.06. The monoisotopic (exact) mass is 274 g/mol. The average molecular weight is 274 g/mol. The van der Waals surface area contributed by atoms with Gasteiger partial charge in [0.05, 0.1) is 27.2 Å². The van der Waals surface area contributed by atoms with Gasteiger partial charge in [0.2, 0.25) is 0 Å². The molecular formula is C13H7FN2O2S. The maximum atomic E-state index is 13.2. The summed E-state index contributed by atoms with van der Waals surface area (Å²) in [5.41, 5.74) is 2.54. The van der Waals surface area contributed by atoms with Crippen LogP contribution in [0.3, 0.4) is 0 Å². The molecule has 0 aliphatic rings. The number of pyridine rings is 1. The van der Waals surface area contributed by atoms with Gasteiger partial charge in [-0.2, -0.15) is 0 Å². The number of aromatic nitrogens is 2. The molecule has 0 unspecified atom stereocenters. The minimum atomic E-state index is -1.07. The van der Waals surface area contributed by atoms with Crippen LogP contribution in [0.4, 0.5) is 4.39 Å². The van der Waals surface area contributed by atoms with Gasteiger partial charge < -0.3 is 5.11 Å². The van der Waals surface area contributed by atoms with Crippen molar-refractivity contribution in [1.82, 2.24) is 9.97 Å². The van der Waals surface area contributed by atoms with Crippen LogP contribution in [-0.2, 0) is 0 Å². The van der Waals surface area contributed by atoms with Crippen LogP contribution in [0.2, 0.25) is 0 Å². The van der Waals surface area contributed by atoms with Crippen molar-refractivity contribution in [1.29, 1.82) is 0 Å². The van der Waals surface area contributed by atoms with Crippen molar-refractivity contribution in [3.63, 3.8) is 0 Å². The topological polar surface area (TPSA) is 63.1 Å². The van der Waals surface area contributed by atoms with Gasteiger partial charge in [-0.15, -0.1) is 11.3 Å². The Morgan fingerprint density at radius 1 is 1.32 bits per heavy atom. The van der Waals surface area contributed by atoms with Crippen LogP contribution in [0.15, 0.2) is 36.0 Å². The molecule has 0 fully saturated rings. The molecule has 0 spiro atoms. The van der Waals surface area contributed by atoms with Gasteiger partial charge >= 0.3 is 5.97 Å². The van der Waals surface area contributed by atoms with Gasteiger partial charge in [0.1, 0.15) is 5.82 Å². The predicted octanol–water partition coefficient (Wildman–Crippen LogP) is 3.20. The van der Waals surface area contributed by atoms with E-state index >= 15 is 0 Å². The second-order valence-corrected chi connectivity index (χ2v) is 4.77. The lowest BCUT2D eigenvalue weighted by Gasteiger charge is -2.05. The second-order valence-electron chi connectivity index (χ2n) is 3.89. The fourth-order valence-electron chi connectivity index (χ4n) is 1.85. The zero-order valence-electron chi connectivity index (χ0n) is 9.50. The highest BCUT2D eigenvalue weighted by Gasteiger charge is 2.14. The van der Waals surface area contributed by atoms with E-state index in [0.717, 1.165) is 4.88 Å². The lowest BCUT2D eigenvalue weighted by atomic mass is 10.1.